The van der Waals surface area contributed by atoms with E-state index in [4.69, 9.17) is 9.84 Å². The fraction of sp³-hybridized carbons (Fsp3) is 0.700. The van der Waals surface area contributed by atoms with Gasteiger partial charge in [-0.25, -0.2) is 13.1 Å². The Morgan fingerprint density at radius 1 is 1.47 bits per heavy atom. The summed E-state index contributed by atoms with van der Waals surface area (Å²) >= 11 is 0. The molecular weight excluding hydrogens is 272 g/mol. The number of nitrogens with zero attached hydrogens (tertiary/aromatic N) is 2. The monoisotopic (exact) mass is 292 g/mol. The minimum atomic E-state index is -3.68. The molecule has 9 heteroatoms. The predicted octanol–water partition coefficient (Wildman–Crippen LogP) is -1.24. The predicted molar refractivity (Wildman–Crippen MR) is 69.1 cm³/mol. The van der Waals surface area contributed by atoms with Gasteiger partial charge in [-0.15, -0.1) is 0 Å². The van der Waals surface area contributed by atoms with Gasteiger partial charge in [-0.05, 0) is 14.1 Å². The zero-order valence-corrected chi connectivity index (χ0v) is 11.9. The van der Waals surface area contributed by atoms with E-state index in [0.29, 0.717) is 6.61 Å². The van der Waals surface area contributed by atoms with Crippen LogP contribution in [0.4, 0.5) is 0 Å². The minimum absolute atomic E-state index is 0.108. The van der Waals surface area contributed by atoms with Gasteiger partial charge in [0.15, 0.2) is 5.03 Å². The van der Waals surface area contributed by atoms with Crippen LogP contribution >= 0.6 is 0 Å². The molecule has 0 fully saturated rings. The number of hydrogen-bond acceptors (Lipinski definition) is 6. The quantitative estimate of drug-likeness (QED) is 0.491. The summed E-state index contributed by atoms with van der Waals surface area (Å²) in [5, 5.41) is 14.8. The zero-order valence-electron chi connectivity index (χ0n) is 11.1. The molecule has 1 heterocycles. The number of aromatic amines is 1. The van der Waals surface area contributed by atoms with E-state index in [0.717, 1.165) is 6.54 Å². The first-order valence-electron chi connectivity index (χ1n) is 5.82. The van der Waals surface area contributed by atoms with Gasteiger partial charge in [-0.2, -0.15) is 5.10 Å². The Balaban J connectivity index is 2.36. The van der Waals surface area contributed by atoms with E-state index < -0.39 is 10.0 Å². The van der Waals surface area contributed by atoms with Gasteiger partial charge in [0.1, 0.15) is 0 Å². The molecule has 8 nitrogen and oxygen atoms in total. The normalized spacial score (nSPS) is 12.2. The van der Waals surface area contributed by atoms with Crippen LogP contribution in [0, 0.1) is 0 Å². The molecule has 19 heavy (non-hydrogen) atoms. The first-order chi connectivity index (χ1) is 8.97. The van der Waals surface area contributed by atoms with Gasteiger partial charge in [0.25, 0.3) is 10.0 Å². The standard InChI is InChI=1S/C10H20N4O4S/c1-14(2)4-6-18-5-3-12-19(16,17)10-9(8-15)7-11-13-10/h7,12,15H,3-6,8H2,1-2H3,(H,11,13). The van der Waals surface area contributed by atoms with Crippen molar-refractivity contribution in [3.63, 3.8) is 0 Å². The third-order valence-electron chi connectivity index (χ3n) is 2.34. The molecule has 0 saturated heterocycles. The summed E-state index contributed by atoms with van der Waals surface area (Å²) in [5.74, 6) is 0. The average Bonchev–Trinajstić information content (AvgIpc) is 2.82. The molecule has 0 radical (unpaired) electrons. The molecule has 0 bridgehead atoms. The van der Waals surface area contributed by atoms with E-state index in [2.05, 4.69) is 14.9 Å². The summed E-state index contributed by atoms with van der Waals surface area (Å²) in [5.41, 5.74) is 0.237. The summed E-state index contributed by atoms with van der Waals surface area (Å²) in [6, 6.07) is 0. The molecule has 3 N–H and O–H groups in total. The first-order valence-corrected chi connectivity index (χ1v) is 7.31. The molecule has 0 saturated carbocycles. The van der Waals surface area contributed by atoms with E-state index in [1.807, 2.05) is 19.0 Å². The van der Waals surface area contributed by atoms with E-state index in [1.165, 1.54) is 6.20 Å². The van der Waals surface area contributed by atoms with Crippen molar-refractivity contribution >= 4 is 10.0 Å². The fourth-order valence-corrected chi connectivity index (χ4v) is 2.45. The lowest BCUT2D eigenvalue weighted by Gasteiger charge is -2.10. The Kier molecular flexibility index (Phi) is 6.38. The fourth-order valence-electron chi connectivity index (χ4n) is 1.31. The molecule has 0 unspecified atom stereocenters. The van der Waals surface area contributed by atoms with Gasteiger partial charge in [0.2, 0.25) is 0 Å². The van der Waals surface area contributed by atoms with Crippen molar-refractivity contribution in [3.05, 3.63) is 11.8 Å². The lowest BCUT2D eigenvalue weighted by atomic mass is 10.4. The molecule has 1 aromatic heterocycles. The summed E-state index contributed by atoms with van der Waals surface area (Å²) in [6.07, 6.45) is 1.28. The smallest absolute Gasteiger partial charge is 0.257 e. The van der Waals surface area contributed by atoms with Crippen molar-refractivity contribution in [1.82, 2.24) is 19.8 Å². The van der Waals surface area contributed by atoms with Crippen LogP contribution < -0.4 is 4.72 Å². The van der Waals surface area contributed by atoms with Crippen molar-refractivity contribution in [2.24, 2.45) is 0 Å². The van der Waals surface area contributed by atoms with Crippen LogP contribution in [0.2, 0.25) is 0 Å². The van der Waals surface area contributed by atoms with Gasteiger partial charge in [-0.1, -0.05) is 0 Å². The van der Waals surface area contributed by atoms with Crippen LogP contribution in [-0.2, 0) is 21.4 Å². The third-order valence-corrected chi connectivity index (χ3v) is 3.81. The molecule has 0 aliphatic carbocycles. The Hall–Kier alpha value is -1.00. The maximum absolute atomic E-state index is 11.9. The van der Waals surface area contributed by atoms with Crippen molar-refractivity contribution in [2.45, 2.75) is 11.6 Å². The Morgan fingerprint density at radius 3 is 2.84 bits per heavy atom. The molecule has 0 atom stereocenters. The van der Waals surface area contributed by atoms with Crippen LogP contribution in [0.3, 0.4) is 0 Å². The topological polar surface area (TPSA) is 108 Å². The number of aromatic nitrogens is 2. The SMILES string of the molecule is CN(C)CCOCCNS(=O)(=O)c1[nH]ncc1CO. The molecule has 1 aromatic rings. The van der Waals surface area contributed by atoms with E-state index in [-0.39, 0.29) is 30.3 Å². The number of hydrogen-bond donors (Lipinski definition) is 3. The highest BCUT2D eigenvalue weighted by Crippen LogP contribution is 2.10. The van der Waals surface area contributed by atoms with Gasteiger partial charge in [-0.3, -0.25) is 5.10 Å². The number of rotatable bonds is 9. The highest BCUT2D eigenvalue weighted by Gasteiger charge is 2.19. The molecule has 0 aliphatic heterocycles. The highest BCUT2D eigenvalue weighted by atomic mass is 32.2. The van der Waals surface area contributed by atoms with E-state index in [1.54, 1.807) is 0 Å². The summed E-state index contributed by atoms with van der Waals surface area (Å²) in [7, 11) is 0.181. The van der Waals surface area contributed by atoms with Gasteiger partial charge >= 0.3 is 0 Å². The minimum Gasteiger partial charge on any atom is -0.392 e. The zero-order chi connectivity index (χ0) is 14.3. The number of ether oxygens (including phenoxy) is 1. The Labute approximate surface area is 112 Å². The van der Waals surface area contributed by atoms with Gasteiger partial charge in [0, 0.05) is 18.7 Å². The molecule has 0 amide bonds. The molecule has 110 valence electrons. The van der Waals surface area contributed by atoms with Crippen molar-refractivity contribution in [3.8, 4) is 0 Å². The first kappa shape index (κ1) is 16.1. The molecule has 0 aliphatic rings. The maximum atomic E-state index is 11.9. The number of aliphatic hydroxyl groups excluding tert-OH is 1. The average molecular weight is 292 g/mol. The van der Waals surface area contributed by atoms with E-state index in [9.17, 15) is 8.42 Å². The lowest BCUT2D eigenvalue weighted by Crippen LogP contribution is -2.29. The number of nitrogens with one attached hydrogen (secondary N) is 2. The second-order valence-corrected chi connectivity index (χ2v) is 5.90. The van der Waals surface area contributed by atoms with Crippen LogP contribution in [-0.4, -0.2) is 69.0 Å². The highest BCUT2D eigenvalue weighted by molar-refractivity contribution is 7.89. The van der Waals surface area contributed by atoms with Crippen LogP contribution in [0.5, 0.6) is 0 Å². The molecule has 0 aromatic carbocycles. The Morgan fingerprint density at radius 2 is 2.21 bits per heavy atom. The number of H-pyrrole nitrogens is 1. The maximum Gasteiger partial charge on any atom is 0.257 e. The largest absolute Gasteiger partial charge is 0.392 e. The lowest BCUT2D eigenvalue weighted by molar-refractivity contribution is 0.122. The van der Waals surface area contributed by atoms with Gasteiger partial charge < -0.3 is 14.7 Å². The second-order valence-electron chi connectivity index (χ2n) is 4.20. The number of likely N-dealkylation sites (N-methyl/N-ethyl adjacent to an activating group) is 1. The van der Waals surface area contributed by atoms with Crippen LogP contribution in [0.1, 0.15) is 5.56 Å². The Bertz CT molecular complexity index is 472. The van der Waals surface area contributed by atoms with Crippen molar-refractivity contribution < 1.29 is 18.3 Å². The number of sulfonamides is 1. The van der Waals surface area contributed by atoms with Crippen molar-refractivity contribution in [1.29, 1.82) is 0 Å². The number of aliphatic hydroxyl groups is 1. The molecular formula is C10H20N4O4S. The summed E-state index contributed by atoms with van der Waals surface area (Å²) in [4.78, 5) is 1.97. The van der Waals surface area contributed by atoms with Crippen LogP contribution in [0.15, 0.2) is 11.2 Å². The second kappa shape index (κ2) is 7.56. The summed E-state index contributed by atoms with van der Waals surface area (Å²) in [6.45, 7) is 1.39. The summed E-state index contributed by atoms with van der Waals surface area (Å²) < 4.78 is 31.4. The van der Waals surface area contributed by atoms with Gasteiger partial charge in [0.05, 0.1) is 26.0 Å². The van der Waals surface area contributed by atoms with E-state index >= 15 is 0 Å². The van der Waals surface area contributed by atoms with Crippen molar-refractivity contribution in [2.75, 3.05) is 40.4 Å². The third kappa shape index (κ3) is 5.25. The molecule has 1 rings (SSSR count). The molecule has 0 spiro atoms. The van der Waals surface area contributed by atoms with Crippen LogP contribution in [0.25, 0.3) is 0 Å².